The first-order valence-corrected chi connectivity index (χ1v) is 9.34. The fraction of sp³-hybridized carbons (Fsp3) is 0.381. The molecule has 1 amide bonds. The molecule has 1 unspecified atom stereocenters. The Morgan fingerprint density at radius 2 is 1.89 bits per heavy atom. The molecule has 0 radical (unpaired) electrons. The van der Waals surface area contributed by atoms with Gasteiger partial charge in [0.05, 0.1) is 6.10 Å². The molecule has 0 fully saturated rings. The van der Waals surface area contributed by atoms with E-state index in [0.29, 0.717) is 36.8 Å². The molecule has 0 saturated carbocycles. The van der Waals surface area contributed by atoms with E-state index in [-0.39, 0.29) is 12.5 Å². The van der Waals surface area contributed by atoms with E-state index in [4.69, 9.17) is 9.47 Å². The lowest BCUT2D eigenvalue weighted by Gasteiger charge is -2.30. The second-order valence-corrected chi connectivity index (χ2v) is 6.98. The Labute approximate surface area is 158 Å². The van der Waals surface area contributed by atoms with Crippen LogP contribution in [0.25, 0.3) is 0 Å². The Bertz CT molecular complexity index is 824. The summed E-state index contributed by atoms with van der Waals surface area (Å²) in [6.07, 6.45) is 0.378. The molecule has 2 aromatic carbocycles. The summed E-state index contributed by atoms with van der Waals surface area (Å²) in [5.74, 6) is 1.01. The number of rotatable bonds is 5. The fourth-order valence-electron chi connectivity index (χ4n) is 3.57. The third kappa shape index (κ3) is 4.23. The molecular weight excluding hydrogens is 344 g/mol. The molecule has 142 valence electrons. The normalized spacial score (nSPS) is 17.1. The van der Waals surface area contributed by atoms with Crippen LogP contribution in [0.15, 0.2) is 42.5 Å². The molecule has 0 saturated heterocycles. The van der Waals surface area contributed by atoms with Gasteiger partial charge in [-0.1, -0.05) is 24.3 Å². The SMILES string of the molecule is O=C(NCC(O)CN1CCc2ccccc2C1)c1ccc2c(c1)OCCO2. The highest BCUT2D eigenvalue weighted by Gasteiger charge is 2.19. The van der Waals surface area contributed by atoms with Crippen molar-refractivity contribution in [2.75, 3.05) is 32.8 Å². The third-order valence-corrected chi connectivity index (χ3v) is 4.98. The number of β-amino-alcohol motifs (C(OH)–C–C–N with tert-alkyl or cyclic N) is 1. The zero-order valence-electron chi connectivity index (χ0n) is 15.2. The van der Waals surface area contributed by atoms with Crippen LogP contribution >= 0.6 is 0 Å². The van der Waals surface area contributed by atoms with Crippen LogP contribution in [0.1, 0.15) is 21.5 Å². The highest BCUT2D eigenvalue weighted by Crippen LogP contribution is 2.30. The van der Waals surface area contributed by atoms with Gasteiger partial charge in [0.1, 0.15) is 13.2 Å². The smallest absolute Gasteiger partial charge is 0.251 e. The number of amides is 1. The topological polar surface area (TPSA) is 71.0 Å². The molecule has 6 nitrogen and oxygen atoms in total. The molecule has 2 N–H and O–H groups in total. The molecule has 2 aliphatic heterocycles. The van der Waals surface area contributed by atoms with Crippen LogP contribution in [0.4, 0.5) is 0 Å². The van der Waals surface area contributed by atoms with Gasteiger partial charge in [0.25, 0.3) is 5.91 Å². The van der Waals surface area contributed by atoms with E-state index < -0.39 is 6.10 Å². The zero-order valence-corrected chi connectivity index (χ0v) is 15.2. The van der Waals surface area contributed by atoms with Crippen molar-refractivity contribution >= 4 is 5.91 Å². The molecule has 0 aliphatic carbocycles. The number of hydrogen-bond donors (Lipinski definition) is 2. The number of carbonyl (C=O) groups excluding carboxylic acids is 1. The van der Waals surface area contributed by atoms with Gasteiger partial charge in [-0.2, -0.15) is 0 Å². The number of aliphatic hydroxyl groups excluding tert-OH is 1. The van der Waals surface area contributed by atoms with Gasteiger partial charge in [0.15, 0.2) is 11.5 Å². The number of aliphatic hydroxyl groups is 1. The summed E-state index contributed by atoms with van der Waals surface area (Å²) >= 11 is 0. The van der Waals surface area contributed by atoms with E-state index in [1.807, 2.05) is 6.07 Å². The number of fused-ring (bicyclic) bond motifs is 2. The van der Waals surface area contributed by atoms with E-state index in [0.717, 1.165) is 19.5 Å². The number of carbonyl (C=O) groups is 1. The summed E-state index contributed by atoms with van der Waals surface area (Å²) in [7, 11) is 0. The maximum atomic E-state index is 12.4. The number of nitrogens with one attached hydrogen (secondary N) is 1. The lowest BCUT2D eigenvalue weighted by molar-refractivity contribution is 0.0841. The second-order valence-electron chi connectivity index (χ2n) is 6.98. The predicted molar refractivity (Wildman–Crippen MR) is 101 cm³/mol. The molecule has 6 heteroatoms. The zero-order chi connectivity index (χ0) is 18.6. The number of hydrogen-bond acceptors (Lipinski definition) is 5. The Hall–Kier alpha value is -2.57. The Kier molecular flexibility index (Phi) is 5.27. The van der Waals surface area contributed by atoms with E-state index in [2.05, 4.69) is 28.4 Å². The minimum atomic E-state index is -0.614. The van der Waals surface area contributed by atoms with Crippen LogP contribution in [0.5, 0.6) is 11.5 Å². The van der Waals surface area contributed by atoms with Gasteiger partial charge in [-0.15, -0.1) is 0 Å². The van der Waals surface area contributed by atoms with Crippen molar-refractivity contribution in [1.29, 1.82) is 0 Å². The van der Waals surface area contributed by atoms with Gasteiger partial charge in [-0.3, -0.25) is 9.69 Å². The maximum absolute atomic E-state index is 12.4. The molecule has 0 spiro atoms. The van der Waals surface area contributed by atoms with Crippen LogP contribution in [0.3, 0.4) is 0 Å². The predicted octanol–water partition coefficient (Wildman–Crippen LogP) is 1.61. The Morgan fingerprint density at radius 3 is 2.74 bits per heavy atom. The van der Waals surface area contributed by atoms with Gasteiger partial charge in [-0.05, 0) is 35.7 Å². The van der Waals surface area contributed by atoms with Gasteiger partial charge in [0, 0.05) is 31.7 Å². The van der Waals surface area contributed by atoms with E-state index in [1.54, 1.807) is 18.2 Å². The number of ether oxygens (including phenoxy) is 2. The molecule has 2 aromatic rings. The summed E-state index contributed by atoms with van der Waals surface area (Å²) < 4.78 is 11.0. The Morgan fingerprint density at radius 1 is 1.11 bits per heavy atom. The summed E-state index contributed by atoms with van der Waals surface area (Å²) in [5.41, 5.74) is 3.20. The number of nitrogens with zero attached hydrogens (tertiary/aromatic N) is 1. The minimum absolute atomic E-state index is 0.214. The van der Waals surface area contributed by atoms with Crippen molar-refractivity contribution in [2.24, 2.45) is 0 Å². The standard InChI is InChI=1S/C21H24N2O4/c24-18(14-23-8-7-15-3-1-2-4-17(15)13-23)12-22-21(25)16-5-6-19-20(11-16)27-10-9-26-19/h1-6,11,18,24H,7-10,12-14H2,(H,22,25). The molecule has 4 rings (SSSR count). The first-order valence-electron chi connectivity index (χ1n) is 9.34. The lowest BCUT2D eigenvalue weighted by atomic mass is 10.00. The van der Waals surface area contributed by atoms with Crippen molar-refractivity contribution in [2.45, 2.75) is 19.1 Å². The third-order valence-electron chi connectivity index (χ3n) is 4.98. The Balaban J connectivity index is 1.28. The molecule has 2 aliphatic rings. The average molecular weight is 368 g/mol. The molecule has 27 heavy (non-hydrogen) atoms. The summed E-state index contributed by atoms with van der Waals surface area (Å²) in [5, 5.41) is 13.1. The minimum Gasteiger partial charge on any atom is -0.486 e. The van der Waals surface area contributed by atoms with Crippen molar-refractivity contribution in [3.8, 4) is 11.5 Å². The monoisotopic (exact) mass is 368 g/mol. The highest BCUT2D eigenvalue weighted by molar-refractivity contribution is 5.94. The van der Waals surface area contributed by atoms with Crippen molar-refractivity contribution in [3.63, 3.8) is 0 Å². The highest BCUT2D eigenvalue weighted by atomic mass is 16.6. The quantitative estimate of drug-likeness (QED) is 0.839. The molecule has 0 bridgehead atoms. The number of benzene rings is 2. The first-order chi connectivity index (χ1) is 13.2. The van der Waals surface area contributed by atoms with E-state index in [9.17, 15) is 9.90 Å². The van der Waals surface area contributed by atoms with Crippen LogP contribution in [0.2, 0.25) is 0 Å². The second kappa shape index (κ2) is 7.98. The van der Waals surface area contributed by atoms with Crippen LogP contribution in [-0.4, -0.2) is 54.9 Å². The largest absolute Gasteiger partial charge is 0.486 e. The summed E-state index contributed by atoms with van der Waals surface area (Å²) in [6, 6.07) is 13.5. The van der Waals surface area contributed by atoms with Crippen molar-refractivity contribution in [1.82, 2.24) is 10.2 Å². The van der Waals surface area contributed by atoms with Gasteiger partial charge in [0.2, 0.25) is 0 Å². The van der Waals surface area contributed by atoms with E-state index >= 15 is 0 Å². The average Bonchev–Trinajstić information content (AvgIpc) is 2.71. The van der Waals surface area contributed by atoms with Crippen LogP contribution < -0.4 is 14.8 Å². The maximum Gasteiger partial charge on any atom is 0.251 e. The van der Waals surface area contributed by atoms with Gasteiger partial charge < -0.3 is 19.9 Å². The summed E-state index contributed by atoms with van der Waals surface area (Å²) in [4.78, 5) is 14.6. The molecule has 0 aromatic heterocycles. The van der Waals surface area contributed by atoms with Crippen LogP contribution in [-0.2, 0) is 13.0 Å². The summed E-state index contributed by atoms with van der Waals surface area (Å²) in [6.45, 7) is 3.51. The van der Waals surface area contributed by atoms with Crippen LogP contribution in [0, 0.1) is 0 Å². The molecule has 2 heterocycles. The molecular formula is C21H24N2O4. The first kappa shape index (κ1) is 17.8. The van der Waals surface area contributed by atoms with Crippen molar-refractivity contribution in [3.05, 3.63) is 59.2 Å². The lowest BCUT2D eigenvalue weighted by Crippen LogP contribution is -2.42. The van der Waals surface area contributed by atoms with Crippen molar-refractivity contribution < 1.29 is 19.4 Å². The van der Waals surface area contributed by atoms with E-state index in [1.165, 1.54) is 11.1 Å². The van der Waals surface area contributed by atoms with Gasteiger partial charge in [-0.25, -0.2) is 0 Å². The molecule has 1 atom stereocenters. The fourth-order valence-corrected chi connectivity index (χ4v) is 3.57. The van der Waals surface area contributed by atoms with Gasteiger partial charge >= 0.3 is 0 Å².